The molecule has 0 amide bonds. The molecule has 27 heavy (non-hydrogen) atoms. The van der Waals surface area contributed by atoms with Gasteiger partial charge in [0, 0.05) is 0 Å². The molecule has 152 valence electrons. The van der Waals surface area contributed by atoms with Gasteiger partial charge < -0.3 is 0 Å². The third kappa shape index (κ3) is 7.09. The van der Waals surface area contributed by atoms with Crippen LogP contribution in [0.1, 0.15) is 83.3 Å². The van der Waals surface area contributed by atoms with Crippen molar-refractivity contribution in [3.8, 4) is 0 Å². The van der Waals surface area contributed by atoms with Gasteiger partial charge in [-0.1, -0.05) is 76.5 Å². The molecule has 0 bridgehead atoms. The van der Waals surface area contributed by atoms with E-state index in [1.54, 1.807) is 0 Å². The van der Waals surface area contributed by atoms with Crippen LogP contribution >= 0.6 is 0 Å². The Kier molecular flexibility index (Phi) is 9.59. The summed E-state index contributed by atoms with van der Waals surface area (Å²) in [6, 6.07) is 8.58. The van der Waals surface area contributed by atoms with Crippen LogP contribution in [-0.4, -0.2) is 6.17 Å². The Bertz CT molecular complexity index is 561. The second-order valence-electron chi connectivity index (χ2n) is 8.98. The summed E-state index contributed by atoms with van der Waals surface area (Å²) < 4.78 is 13.7. The summed E-state index contributed by atoms with van der Waals surface area (Å²) in [6.45, 7) is 9.11. The fourth-order valence-corrected chi connectivity index (χ4v) is 4.69. The fourth-order valence-electron chi connectivity index (χ4n) is 4.69. The molecule has 0 aromatic heterocycles. The van der Waals surface area contributed by atoms with Crippen molar-refractivity contribution in [2.45, 2.75) is 91.7 Å². The SMILES string of the molecule is CC1CCC(/C=C/CC2CCCCC2F)C1C.CCCc1ccccc1C. The number of aryl methyl sites for hydroxylation is 2. The third-order valence-electron chi connectivity index (χ3n) is 6.95. The number of halogens is 1. The second-order valence-corrected chi connectivity index (χ2v) is 8.98. The summed E-state index contributed by atoms with van der Waals surface area (Å²) in [5.41, 5.74) is 2.91. The summed E-state index contributed by atoms with van der Waals surface area (Å²) >= 11 is 0. The number of alkyl halides is 1. The average molecular weight is 373 g/mol. The predicted octanol–water partition coefficient (Wildman–Crippen LogP) is 8.09. The molecule has 1 aromatic rings. The third-order valence-corrected chi connectivity index (χ3v) is 6.95. The second kappa shape index (κ2) is 11.7. The molecule has 2 aliphatic carbocycles. The zero-order valence-electron chi connectivity index (χ0n) is 18.1. The lowest BCUT2D eigenvalue weighted by atomic mass is 9.84. The molecule has 1 aromatic carbocycles. The highest BCUT2D eigenvalue weighted by Gasteiger charge is 2.28. The topological polar surface area (TPSA) is 0 Å². The van der Waals surface area contributed by atoms with Crippen LogP contribution < -0.4 is 0 Å². The number of benzene rings is 1. The highest BCUT2D eigenvalue weighted by Crippen LogP contribution is 2.37. The lowest BCUT2D eigenvalue weighted by molar-refractivity contribution is 0.167. The van der Waals surface area contributed by atoms with Crippen molar-refractivity contribution in [2.24, 2.45) is 23.7 Å². The summed E-state index contributed by atoms with van der Waals surface area (Å²) in [4.78, 5) is 0. The van der Waals surface area contributed by atoms with Crippen LogP contribution in [0.2, 0.25) is 0 Å². The van der Waals surface area contributed by atoms with E-state index in [-0.39, 0.29) is 0 Å². The highest BCUT2D eigenvalue weighted by molar-refractivity contribution is 5.25. The predicted molar refractivity (Wildman–Crippen MR) is 117 cm³/mol. The molecule has 1 heteroatoms. The molecule has 2 aliphatic rings. The maximum atomic E-state index is 13.7. The minimum absolute atomic E-state index is 0.314. The van der Waals surface area contributed by atoms with Gasteiger partial charge in [-0.2, -0.15) is 0 Å². The first-order chi connectivity index (χ1) is 13.0. The van der Waals surface area contributed by atoms with Crippen molar-refractivity contribution in [1.82, 2.24) is 0 Å². The van der Waals surface area contributed by atoms with Gasteiger partial charge in [-0.05, 0) is 80.2 Å². The average Bonchev–Trinajstić information content (AvgIpc) is 2.98. The van der Waals surface area contributed by atoms with E-state index in [1.165, 1.54) is 43.2 Å². The van der Waals surface area contributed by atoms with E-state index in [1.807, 2.05) is 0 Å². The smallest absolute Gasteiger partial charge is 0.103 e. The number of allylic oxidation sites excluding steroid dienone is 2. The molecule has 5 atom stereocenters. The van der Waals surface area contributed by atoms with Gasteiger partial charge >= 0.3 is 0 Å². The van der Waals surface area contributed by atoms with Gasteiger partial charge in [0.05, 0.1) is 0 Å². The Labute approximate surface area is 167 Å². The molecule has 0 nitrogen and oxygen atoms in total. The first-order valence-electron chi connectivity index (χ1n) is 11.4. The molecular weight excluding hydrogens is 331 g/mol. The molecule has 5 unspecified atom stereocenters. The van der Waals surface area contributed by atoms with Gasteiger partial charge in [0.15, 0.2) is 0 Å². The van der Waals surface area contributed by atoms with Crippen molar-refractivity contribution in [3.63, 3.8) is 0 Å². The van der Waals surface area contributed by atoms with E-state index < -0.39 is 6.17 Å². The van der Waals surface area contributed by atoms with Crippen molar-refractivity contribution in [2.75, 3.05) is 0 Å². The van der Waals surface area contributed by atoms with Crippen LogP contribution in [-0.2, 0) is 6.42 Å². The van der Waals surface area contributed by atoms with Crippen LogP contribution in [0.5, 0.6) is 0 Å². The van der Waals surface area contributed by atoms with Crippen molar-refractivity contribution < 1.29 is 4.39 Å². The number of hydrogen-bond donors (Lipinski definition) is 0. The Morgan fingerprint density at radius 1 is 1.04 bits per heavy atom. The van der Waals surface area contributed by atoms with Crippen LogP contribution in [0.3, 0.4) is 0 Å². The standard InChI is InChI=1S/C16H27F.C10H14/c1-12-10-11-14(13(12)2)7-5-8-15-6-3-4-9-16(15)17;1-3-6-10-8-5-4-7-9(10)2/h5,7,12-16H,3-4,6,8-11H2,1-2H3;4-5,7-8H,3,6H2,1-2H3/b7-5+;. The van der Waals surface area contributed by atoms with Crippen LogP contribution in [0, 0.1) is 30.6 Å². The Morgan fingerprint density at radius 2 is 1.78 bits per heavy atom. The lowest BCUT2D eigenvalue weighted by Crippen LogP contribution is -2.19. The normalized spacial score (nSPS) is 30.9. The van der Waals surface area contributed by atoms with Gasteiger partial charge in [-0.15, -0.1) is 0 Å². The van der Waals surface area contributed by atoms with E-state index in [0.29, 0.717) is 5.92 Å². The number of hydrogen-bond acceptors (Lipinski definition) is 0. The molecule has 3 rings (SSSR count). The van der Waals surface area contributed by atoms with E-state index in [0.717, 1.165) is 43.4 Å². The Hall–Kier alpha value is -1.11. The minimum atomic E-state index is -0.534. The number of rotatable bonds is 5. The molecule has 0 spiro atoms. The van der Waals surface area contributed by atoms with E-state index in [9.17, 15) is 4.39 Å². The quantitative estimate of drug-likeness (QED) is 0.458. The monoisotopic (exact) mass is 372 g/mol. The molecule has 2 fully saturated rings. The summed E-state index contributed by atoms with van der Waals surface area (Å²) in [6.07, 6.45) is 14.5. The Balaban J connectivity index is 0.000000223. The van der Waals surface area contributed by atoms with Crippen molar-refractivity contribution in [3.05, 3.63) is 47.5 Å². The van der Waals surface area contributed by atoms with Gasteiger partial charge in [0.2, 0.25) is 0 Å². The molecule has 0 saturated heterocycles. The maximum absolute atomic E-state index is 13.7. The van der Waals surface area contributed by atoms with Crippen molar-refractivity contribution in [1.29, 1.82) is 0 Å². The van der Waals surface area contributed by atoms with Crippen LogP contribution in [0.4, 0.5) is 4.39 Å². The van der Waals surface area contributed by atoms with E-state index in [2.05, 4.69) is 64.1 Å². The molecule has 0 radical (unpaired) electrons. The van der Waals surface area contributed by atoms with Crippen LogP contribution in [0.25, 0.3) is 0 Å². The maximum Gasteiger partial charge on any atom is 0.103 e. The summed E-state index contributed by atoms with van der Waals surface area (Å²) in [7, 11) is 0. The molecular formula is C26H41F. The van der Waals surface area contributed by atoms with Crippen molar-refractivity contribution >= 4 is 0 Å². The van der Waals surface area contributed by atoms with Gasteiger partial charge in [-0.25, -0.2) is 4.39 Å². The first kappa shape index (κ1) is 22.2. The van der Waals surface area contributed by atoms with E-state index in [4.69, 9.17) is 0 Å². The minimum Gasteiger partial charge on any atom is -0.247 e. The lowest BCUT2D eigenvalue weighted by Gasteiger charge is -2.24. The first-order valence-corrected chi connectivity index (χ1v) is 11.4. The molecule has 2 saturated carbocycles. The van der Waals surface area contributed by atoms with Gasteiger partial charge in [0.25, 0.3) is 0 Å². The zero-order valence-corrected chi connectivity index (χ0v) is 18.1. The molecule has 0 heterocycles. The largest absolute Gasteiger partial charge is 0.247 e. The van der Waals surface area contributed by atoms with E-state index >= 15 is 0 Å². The molecule has 0 aliphatic heterocycles. The zero-order chi connectivity index (χ0) is 19.6. The van der Waals surface area contributed by atoms with Gasteiger partial charge in [0.1, 0.15) is 6.17 Å². The highest BCUT2D eigenvalue weighted by atomic mass is 19.1. The summed E-state index contributed by atoms with van der Waals surface area (Å²) in [5.74, 6) is 2.76. The summed E-state index contributed by atoms with van der Waals surface area (Å²) in [5, 5.41) is 0. The van der Waals surface area contributed by atoms with Gasteiger partial charge in [-0.3, -0.25) is 0 Å². The Morgan fingerprint density at radius 3 is 2.41 bits per heavy atom. The van der Waals surface area contributed by atoms with Crippen LogP contribution in [0.15, 0.2) is 36.4 Å². The molecule has 0 N–H and O–H groups in total. The fraction of sp³-hybridized carbons (Fsp3) is 0.692.